The first kappa shape index (κ1) is 34.3. The van der Waals surface area contributed by atoms with Crippen LogP contribution in [0.1, 0.15) is 80.9 Å². The lowest BCUT2D eigenvalue weighted by molar-refractivity contribution is -0.146. The molecule has 2 amide bonds. The monoisotopic (exact) mass is 602 g/mol. The fourth-order valence-corrected chi connectivity index (χ4v) is 4.73. The molecule has 44 heavy (non-hydrogen) atoms. The Morgan fingerprint density at radius 3 is 1.89 bits per heavy atom. The van der Waals surface area contributed by atoms with Crippen molar-refractivity contribution in [2.45, 2.75) is 89.9 Å². The first-order valence-corrected chi connectivity index (χ1v) is 15.6. The van der Waals surface area contributed by atoms with Gasteiger partial charge >= 0.3 is 5.97 Å². The summed E-state index contributed by atoms with van der Waals surface area (Å²) in [5, 5.41) is 2.79. The zero-order valence-corrected chi connectivity index (χ0v) is 25.8. The van der Waals surface area contributed by atoms with E-state index in [1.54, 1.807) is 7.11 Å². The maximum absolute atomic E-state index is 12.9. The van der Waals surface area contributed by atoms with Crippen molar-refractivity contribution in [3.05, 3.63) is 102 Å². The van der Waals surface area contributed by atoms with Gasteiger partial charge in [-0.2, -0.15) is 0 Å². The van der Waals surface area contributed by atoms with Crippen LogP contribution in [0.4, 0.5) is 0 Å². The Balaban J connectivity index is 1.33. The van der Waals surface area contributed by atoms with Gasteiger partial charge in [-0.25, -0.2) is 5.48 Å². The molecule has 0 fully saturated rings. The number of methoxy groups -OCH3 is 1. The van der Waals surface area contributed by atoms with Crippen LogP contribution in [-0.4, -0.2) is 30.9 Å². The molecule has 0 spiro atoms. The molecular formula is C36H46N2O6. The van der Waals surface area contributed by atoms with Crippen LogP contribution in [-0.2, 0) is 43.6 Å². The van der Waals surface area contributed by atoms with Crippen LogP contribution < -0.4 is 15.5 Å². The molecule has 0 bridgehead atoms. The molecule has 236 valence electrons. The van der Waals surface area contributed by atoms with E-state index in [0.29, 0.717) is 6.42 Å². The standard InChI is InChI=1S/C36H46N2O6/c1-42-32-23-21-29(22-24-32)15-9-5-3-2-4-6-14-20-34(39)37-33(36(41)38-44-28-31-18-12-8-13-19-31)25-26-35(40)43-27-30-16-10-7-11-17-30/h7-8,10-13,16-19,21-24,33H,2-6,9,14-15,20,25-28H2,1H3,(H,37,39)(H,38,41)/t33-/m1/s1. The van der Waals surface area contributed by atoms with Crippen LogP contribution in [0.5, 0.6) is 5.75 Å². The Hall–Kier alpha value is -4.17. The second-order valence-electron chi connectivity index (χ2n) is 10.9. The minimum Gasteiger partial charge on any atom is -0.497 e. The number of amides is 2. The molecule has 0 unspecified atom stereocenters. The molecule has 3 aromatic carbocycles. The average Bonchev–Trinajstić information content (AvgIpc) is 3.06. The number of unbranched alkanes of at least 4 members (excludes halogenated alkanes) is 6. The van der Waals surface area contributed by atoms with Crippen molar-refractivity contribution >= 4 is 17.8 Å². The molecule has 2 N–H and O–H groups in total. The summed E-state index contributed by atoms with van der Waals surface area (Å²) in [5.41, 5.74) is 5.53. The molecule has 8 heteroatoms. The van der Waals surface area contributed by atoms with Crippen LogP contribution in [0.3, 0.4) is 0 Å². The highest BCUT2D eigenvalue weighted by molar-refractivity contribution is 5.87. The highest BCUT2D eigenvalue weighted by atomic mass is 16.6. The number of hydroxylamine groups is 1. The first-order chi connectivity index (χ1) is 21.5. The third kappa shape index (κ3) is 14.3. The van der Waals surface area contributed by atoms with Gasteiger partial charge in [0, 0.05) is 12.8 Å². The van der Waals surface area contributed by atoms with E-state index in [4.69, 9.17) is 14.3 Å². The number of rotatable bonds is 21. The maximum Gasteiger partial charge on any atom is 0.306 e. The molecule has 0 aliphatic rings. The number of ether oxygens (including phenoxy) is 2. The lowest BCUT2D eigenvalue weighted by Crippen LogP contribution is -2.46. The van der Waals surface area contributed by atoms with Crippen molar-refractivity contribution in [2.24, 2.45) is 0 Å². The molecule has 3 aromatic rings. The summed E-state index contributed by atoms with van der Waals surface area (Å²) >= 11 is 0. The Kier molecular flexibility index (Phi) is 16.1. The summed E-state index contributed by atoms with van der Waals surface area (Å²) in [4.78, 5) is 43.3. The minimum atomic E-state index is -0.909. The lowest BCUT2D eigenvalue weighted by atomic mass is 10.0. The SMILES string of the molecule is COc1ccc(CCCCCCCCCC(=O)N[C@H](CCC(=O)OCc2ccccc2)C(=O)NOCc2ccccc2)cc1. The van der Waals surface area contributed by atoms with Gasteiger partial charge in [-0.3, -0.25) is 19.2 Å². The topological polar surface area (TPSA) is 103 Å². The van der Waals surface area contributed by atoms with E-state index in [0.717, 1.165) is 55.4 Å². The molecule has 0 saturated heterocycles. The molecule has 0 aliphatic carbocycles. The minimum absolute atomic E-state index is 0.0116. The van der Waals surface area contributed by atoms with Crippen LogP contribution in [0, 0.1) is 0 Å². The third-order valence-corrected chi connectivity index (χ3v) is 7.31. The third-order valence-electron chi connectivity index (χ3n) is 7.31. The van der Waals surface area contributed by atoms with Gasteiger partial charge < -0.3 is 14.8 Å². The summed E-state index contributed by atoms with van der Waals surface area (Å²) in [7, 11) is 1.68. The van der Waals surface area contributed by atoms with E-state index < -0.39 is 17.9 Å². The van der Waals surface area contributed by atoms with Crippen molar-refractivity contribution in [3.63, 3.8) is 0 Å². The number of hydrogen-bond acceptors (Lipinski definition) is 6. The Morgan fingerprint density at radius 1 is 0.659 bits per heavy atom. The zero-order valence-electron chi connectivity index (χ0n) is 25.8. The van der Waals surface area contributed by atoms with Gasteiger partial charge in [-0.1, -0.05) is 105 Å². The summed E-state index contributed by atoms with van der Waals surface area (Å²) in [5.74, 6) is -0.270. The molecule has 8 nitrogen and oxygen atoms in total. The van der Waals surface area contributed by atoms with Crippen LogP contribution in [0.25, 0.3) is 0 Å². The summed E-state index contributed by atoms with van der Waals surface area (Å²) in [6.45, 7) is 0.347. The fourth-order valence-electron chi connectivity index (χ4n) is 4.73. The van der Waals surface area contributed by atoms with E-state index in [2.05, 4.69) is 22.9 Å². The summed E-state index contributed by atoms with van der Waals surface area (Å²) < 4.78 is 10.5. The smallest absolute Gasteiger partial charge is 0.306 e. The molecule has 0 aromatic heterocycles. The normalized spacial score (nSPS) is 11.4. The second kappa shape index (κ2) is 20.7. The Morgan fingerprint density at radius 2 is 1.25 bits per heavy atom. The van der Waals surface area contributed by atoms with E-state index in [-0.39, 0.29) is 32.0 Å². The van der Waals surface area contributed by atoms with Gasteiger partial charge in [0.1, 0.15) is 18.4 Å². The van der Waals surface area contributed by atoms with Gasteiger partial charge in [-0.05, 0) is 54.5 Å². The van der Waals surface area contributed by atoms with Crippen molar-refractivity contribution in [3.8, 4) is 5.75 Å². The van der Waals surface area contributed by atoms with Gasteiger partial charge in [0.2, 0.25) is 5.91 Å². The molecule has 0 radical (unpaired) electrons. The van der Waals surface area contributed by atoms with Crippen molar-refractivity contribution in [1.82, 2.24) is 10.8 Å². The molecule has 1 atom stereocenters. The number of aryl methyl sites for hydroxylation is 1. The molecule has 0 aliphatic heterocycles. The maximum atomic E-state index is 12.9. The fraction of sp³-hybridized carbons (Fsp3) is 0.417. The van der Waals surface area contributed by atoms with E-state index in [1.165, 1.54) is 18.4 Å². The lowest BCUT2D eigenvalue weighted by Gasteiger charge is -2.18. The van der Waals surface area contributed by atoms with Gasteiger partial charge in [0.05, 0.1) is 13.7 Å². The number of benzene rings is 3. The average molecular weight is 603 g/mol. The largest absolute Gasteiger partial charge is 0.497 e. The summed E-state index contributed by atoms with van der Waals surface area (Å²) in [6, 6.07) is 26.2. The van der Waals surface area contributed by atoms with Crippen LogP contribution >= 0.6 is 0 Å². The van der Waals surface area contributed by atoms with E-state index in [9.17, 15) is 14.4 Å². The second-order valence-corrected chi connectivity index (χ2v) is 10.9. The number of hydrogen-bond donors (Lipinski definition) is 2. The van der Waals surface area contributed by atoms with Crippen molar-refractivity contribution in [1.29, 1.82) is 0 Å². The zero-order chi connectivity index (χ0) is 31.2. The van der Waals surface area contributed by atoms with Crippen LogP contribution in [0.15, 0.2) is 84.9 Å². The number of carbonyl (C=O) groups excluding carboxylic acids is 3. The highest BCUT2D eigenvalue weighted by Gasteiger charge is 2.22. The summed E-state index contributed by atoms with van der Waals surface area (Å²) in [6.07, 6.45) is 8.92. The van der Waals surface area contributed by atoms with Gasteiger partial charge in [0.15, 0.2) is 0 Å². The first-order valence-electron chi connectivity index (χ1n) is 15.6. The number of carbonyl (C=O) groups is 3. The molecule has 3 rings (SSSR count). The van der Waals surface area contributed by atoms with Gasteiger partial charge in [-0.15, -0.1) is 0 Å². The predicted molar refractivity (Wildman–Crippen MR) is 170 cm³/mol. The Labute approximate surface area is 261 Å². The molecule has 0 saturated carbocycles. The van der Waals surface area contributed by atoms with Crippen molar-refractivity contribution < 1.29 is 28.7 Å². The molecule has 0 heterocycles. The van der Waals surface area contributed by atoms with E-state index >= 15 is 0 Å². The van der Waals surface area contributed by atoms with Gasteiger partial charge in [0.25, 0.3) is 5.91 Å². The highest BCUT2D eigenvalue weighted by Crippen LogP contribution is 2.15. The number of nitrogens with one attached hydrogen (secondary N) is 2. The van der Waals surface area contributed by atoms with Crippen molar-refractivity contribution in [2.75, 3.05) is 7.11 Å². The van der Waals surface area contributed by atoms with Crippen LogP contribution in [0.2, 0.25) is 0 Å². The predicted octanol–water partition coefficient (Wildman–Crippen LogP) is 6.61. The molecular weight excluding hydrogens is 556 g/mol. The quantitative estimate of drug-likeness (QED) is 0.0808. The van der Waals surface area contributed by atoms with E-state index in [1.807, 2.05) is 72.8 Å². The Bertz CT molecular complexity index is 1230. The number of esters is 1.